The lowest BCUT2D eigenvalue weighted by atomic mass is 9.73. The molecule has 0 spiro atoms. The predicted octanol–water partition coefficient (Wildman–Crippen LogP) is 8.17. The van der Waals surface area contributed by atoms with E-state index in [9.17, 15) is 26.3 Å². The third kappa shape index (κ3) is 5.86. The highest BCUT2D eigenvalue weighted by molar-refractivity contribution is 5.55. The third-order valence-electron chi connectivity index (χ3n) is 5.72. The molecule has 0 atom stereocenters. The van der Waals surface area contributed by atoms with Gasteiger partial charge in [-0.1, -0.05) is 48.5 Å². The van der Waals surface area contributed by atoms with Gasteiger partial charge < -0.3 is 33.2 Å². The van der Waals surface area contributed by atoms with Crippen molar-refractivity contribution in [2.75, 3.05) is 11.5 Å². The maximum absolute atomic E-state index is 14.4. The van der Waals surface area contributed by atoms with Gasteiger partial charge in [0.2, 0.25) is 5.41 Å². The summed E-state index contributed by atoms with van der Waals surface area (Å²) in [5.41, 5.74) is 5.72. The first-order chi connectivity index (χ1) is 17.4. The molecule has 0 radical (unpaired) electrons. The second kappa shape index (κ2) is 11.5. The first kappa shape index (κ1) is 30.8. The highest BCUT2D eigenvalue weighted by Crippen LogP contribution is 2.56. The molecular formula is C27H26F6N4O2. The van der Waals surface area contributed by atoms with Crippen LogP contribution in [0.25, 0.3) is 0 Å². The largest absolute Gasteiger partial charge is 0.455 e. The van der Waals surface area contributed by atoms with Crippen molar-refractivity contribution in [2.24, 2.45) is 0 Å². The standard InChI is InChI=1S/C27H20F6N2O2.2H3N/c28-26(29,30)25(27(31,32)33,17-9-13-19(14-10-17)36-23-7-3-1-5-21(23)34)18-11-15-20(16-12-18)37-24-8-4-2-6-22(24)35;;/h1-16H,34-35H2;2*1H3. The lowest BCUT2D eigenvalue weighted by Crippen LogP contribution is -2.54. The summed E-state index contributed by atoms with van der Waals surface area (Å²) >= 11 is 0. The Labute approximate surface area is 220 Å². The number of nitrogens with two attached hydrogens (primary N) is 2. The van der Waals surface area contributed by atoms with E-state index >= 15 is 0 Å². The highest BCUT2D eigenvalue weighted by atomic mass is 19.4. The first-order valence-electron chi connectivity index (χ1n) is 10.8. The summed E-state index contributed by atoms with van der Waals surface area (Å²) in [6, 6.07) is 19.8. The molecule has 6 nitrogen and oxygen atoms in total. The van der Waals surface area contributed by atoms with Crippen molar-refractivity contribution in [3.05, 3.63) is 108 Å². The number of halogens is 6. The molecule has 4 aromatic rings. The molecule has 0 aliphatic carbocycles. The van der Waals surface area contributed by atoms with Crippen molar-refractivity contribution < 1.29 is 35.8 Å². The molecule has 12 heteroatoms. The quantitative estimate of drug-likeness (QED) is 0.140. The minimum absolute atomic E-state index is 0. The fourth-order valence-electron chi connectivity index (χ4n) is 3.93. The molecule has 0 saturated carbocycles. The highest BCUT2D eigenvalue weighted by Gasteiger charge is 2.72. The van der Waals surface area contributed by atoms with Gasteiger partial charge in [-0.05, 0) is 59.7 Å². The lowest BCUT2D eigenvalue weighted by Gasteiger charge is -2.38. The van der Waals surface area contributed by atoms with E-state index in [4.69, 9.17) is 20.9 Å². The van der Waals surface area contributed by atoms with Crippen molar-refractivity contribution in [3.63, 3.8) is 0 Å². The van der Waals surface area contributed by atoms with Gasteiger partial charge >= 0.3 is 12.4 Å². The van der Waals surface area contributed by atoms with E-state index in [-0.39, 0.29) is 46.7 Å². The predicted molar refractivity (Wildman–Crippen MR) is 138 cm³/mol. The number of benzene rings is 4. The van der Waals surface area contributed by atoms with Crippen LogP contribution in [0, 0.1) is 0 Å². The molecule has 0 heterocycles. The maximum Gasteiger partial charge on any atom is 0.411 e. The number of anilines is 2. The molecule has 4 rings (SSSR count). The van der Waals surface area contributed by atoms with Gasteiger partial charge in [-0.25, -0.2) is 0 Å². The molecule has 0 fully saturated rings. The summed E-state index contributed by atoms with van der Waals surface area (Å²) in [4.78, 5) is 0. The summed E-state index contributed by atoms with van der Waals surface area (Å²) in [5, 5.41) is 0. The molecule has 0 aliphatic heterocycles. The number of para-hydroxylation sites is 4. The van der Waals surface area contributed by atoms with Gasteiger partial charge in [-0.15, -0.1) is 0 Å². The average molecular weight is 553 g/mol. The Morgan fingerprint density at radius 1 is 0.462 bits per heavy atom. The number of hydrogen-bond acceptors (Lipinski definition) is 6. The molecule has 0 aromatic heterocycles. The summed E-state index contributed by atoms with van der Waals surface area (Å²) in [6.45, 7) is 0. The molecule has 0 unspecified atom stereocenters. The van der Waals surface area contributed by atoms with Crippen molar-refractivity contribution in [3.8, 4) is 23.0 Å². The van der Waals surface area contributed by atoms with E-state index < -0.39 is 28.9 Å². The average Bonchev–Trinajstić information content (AvgIpc) is 2.83. The fraction of sp³-hybridized carbons (Fsp3) is 0.111. The second-order valence-electron chi connectivity index (χ2n) is 8.07. The van der Waals surface area contributed by atoms with Gasteiger partial charge in [0.1, 0.15) is 23.0 Å². The van der Waals surface area contributed by atoms with Crippen LogP contribution in [0.2, 0.25) is 0 Å². The van der Waals surface area contributed by atoms with E-state index in [1.807, 2.05) is 0 Å². The van der Waals surface area contributed by atoms with Crippen molar-refractivity contribution in [1.82, 2.24) is 12.3 Å². The zero-order chi connectivity index (χ0) is 26.8. The van der Waals surface area contributed by atoms with E-state index in [2.05, 4.69) is 0 Å². The molecule has 4 aromatic carbocycles. The Morgan fingerprint density at radius 3 is 1.05 bits per heavy atom. The minimum atomic E-state index is -5.73. The summed E-state index contributed by atoms with van der Waals surface area (Å²) in [5.74, 6) is 0.457. The van der Waals surface area contributed by atoms with Crippen LogP contribution in [0.3, 0.4) is 0 Å². The van der Waals surface area contributed by atoms with Crippen LogP contribution in [0.15, 0.2) is 97.1 Å². The topological polar surface area (TPSA) is 140 Å². The lowest BCUT2D eigenvalue weighted by molar-refractivity contribution is -0.288. The number of rotatable bonds is 6. The van der Waals surface area contributed by atoms with Crippen LogP contribution < -0.4 is 33.2 Å². The number of ether oxygens (including phenoxy) is 2. The molecule has 208 valence electrons. The van der Waals surface area contributed by atoms with E-state index in [0.29, 0.717) is 0 Å². The summed E-state index contributed by atoms with van der Waals surface area (Å²) in [6.07, 6.45) is -11.5. The SMILES string of the molecule is N.N.Nc1ccccc1Oc1ccc(C(c2ccc(Oc3ccccc3N)cc2)(C(F)(F)F)C(F)(F)F)cc1. The fourth-order valence-corrected chi connectivity index (χ4v) is 3.93. The Bertz CT molecular complexity index is 1270. The molecular weight excluding hydrogens is 526 g/mol. The van der Waals surface area contributed by atoms with Crippen LogP contribution in [-0.4, -0.2) is 12.4 Å². The maximum atomic E-state index is 14.4. The van der Waals surface area contributed by atoms with Gasteiger partial charge in [0.25, 0.3) is 0 Å². The Hall–Kier alpha value is -4.42. The molecule has 0 amide bonds. The van der Waals surface area contributed by atoms with E-state index in [1.54, 1.807) is 36.4 Å². The Kier molecular flexibility index (Phi) is 9.11. The third-order valence-corrected chi connectivity index (χ3v) is 5.72. The zero-order valence-electron chi connectivity index (χ0n) is 20.4. The molecule has 39 heavy (non-hydrogen) atoms. The zero-order valence-corrected chi connectivity index (χ0v) is 20.4. The van der Waals surface area contributed by atoms with Crippen LogP contribution in [0.1, 0.15) is 11.1 Å². The smallest absolute Gasteiger partial charge is 0.411 e. The monoisotopic (exact) mass is 552 g/mol. The minimum Gasteiger partial charge on any atom is -0.455 e. The van der Waals surface area contributed by atoms with Crippen molar-refractivity contribution >= 4 is 11.4 Å². The number of alkyl halides is 6. The molecule has 0 saturated heterocycles. The number of hydrogen-bond donors (Lipinski definition) is 4. The molecule has 0 aliphatic rings. The van der Waals surface area contributed by atoms with Gasteiger partial charge in [0.15, 0.2) is 0 Å². The van der Waals surface area contributed by atoms with Crippen LogP contribution in [0.4, 0.5) is 37.7 Å². The van der Waals surface area contributed by atoms with Gasteiger partial charge in [0.05, 0.1) is 11.4 Å². The Morgan fingerprint density at radius 2 is 0.769 bits per heavy atom. The van der Waals surface area contributed by atoms with Gasteiger partial charge in [-0.2, -0.15) is 26.3 Å². The molecule has 10 N–H and O–H groups in total. The van der Waals surface area contributed by atoms with Gasteiger partial charge in [0, 0.05) is 0 Å². The Balaban J connectivity index is 0.00000267. The van der Waals surface area contributed by atoms with Crippen molar-refractivity contribution in [1.29, 1.82) is 0 Å². The summed E-state index contributed by atoms with van der Waals surface area (Å²) < 4.78 is 97.6. The first-order valence-corrected chi connectivity index (χ1v) is 10.8. The van der Waals surface area contributed by atoms with Crippen LogP contribution >= 0.6 is 0 Å². The summed E-state index contributed by atoms with van der Waals surface area (Å²) in [7, 11) is 0. The van der Waals surface area contributed by atoms with Gasteiger partial charge in [-0.3, -0.25) is 0 Å². The van der Waals surface area contributed by atoms with Crippen LogP contribution in [0.5, 0.6) is 23.0 Å². The molecule has 0 bridgehead atoms. The number of nitrogen functional groups attached to an aromatic ring is 2. The second-order valence-corrected chi connectivity index (χ2v) is 8.07. The van der Waals surface area contributed by atoms with Crippen molar-refractivity contribution in [2.45, 2.75) is 17.8 Å². The van der Waals surface area contributed by atoms with E-state index in [1.165, 1.54) is 12.1 Å². The van der Waals surface area contributed by atoms with Crippen LogP contribution in [-0.2, 0) is 5.41 Å². The van der Waals surface area contributed by atoms with E-state index in [0.717, 1.165) is 48.5 Å². The normalized spacial score (nSPS) is 11.6.